The molecular formula is C3H2BrNO. The average Bonchev–Trinajstić information content (AvgIpc) is 1.86. The Kier molecular flexibility index (Phi) is 1.10. The van der Waals surface area contributed by atoms with Crippen LogP contribution in [0.5, 0.6) is 0 Å². The van der Waals surface area contributed by atoms with E-state index in [1.165, 1.54) is 0 Å². The fraction of sp³-hybridized carbons (Fsp3) is 0.333. The van der Waals surface area contributed by atoms with Crippen molar-refractivity contribution in [1.29, 1.82) is 0 Å². The van der Waals surface area contributed by atoms with Crippen molar-refractivity contribution in [1.82, 2.24) is 0 Å². The lowest BCUT2D eigenvalue weighted by Crippen LogP contribution is -1.79. The molecule has 0 aromatic heterocycles. The van der Waals surface area contributed by atoms with Crippen LogP contribution < -0.4 is 0 Å². The lowest BCUT2D eigenvalue weighted by Gasteiger charge is -1.75. The molecule has 6 heavy (non-hydrogen) atoms. The second kappa shape index (κ2) is 1.60. The highest BCUT2D eigenvalue weighted by Gasteiger charge is 2.02. The van der Waals surface area contributed by atoms with Gasteiger partial charge in [0.25, 0.3) is 0 Å². The summed E-state index contributed by atoms with van der Waals surface area (Å²) in [4.78, 5) is 4.49. The maximum atomic E-state index is 4.49. The molecule has 1 aliphatic rings. The zero-order valence-electron chi connectivity index (χ0n) is 2.94. The second-order valence-electron chi connectivity index (χ2n) is 0.832. The van der Waals surface area contributed by atoms with E-state index in [0.717, 1.165) is 0 Å². The van der Waals surface area contributed by atoms with Gasteiger partial charge >= 0.3 is 0 Å². The van der Waals surface area contributed by atoms with Crippen molar-refractivity contribution >= 4 is 20.6 Å². The first-order valence-corrected chi connectivity index (χ1v) is 2.28. The van der Waals surface area contributed by atoms with Crippen LogP contribution in [0, 0.1) is 6.42 Å². The van der Waals surface area contributed by atoms with Crippen LogP contribution in [0.4, 0.5) is 0 Å². The Morgan fingerprint density at radius 2 is 2.83 bits per heavy atom. The first kappa shape index (κ1) is 4.12. The highest BCUT2D eigenvalue weighted by atomic mass is 79.9. The topological polar surface area (TPSA) is 21.6 Å². The van der Waals surface area contributed by atoms with E-state index in [4.69, 9.17) is 0 Å². The normalized spacial score (nSPS) is 19.8. The molecule has 2 radical (unpaired) electrons. The zero-order chi connectivity index (χ0) is 4.41. The second-order valence-corrected chi connectivity index (χ2v) is 1.58. The third-order valence-electron chi connectivity index (χ3n) is 0.427. The predicted molar refractivity (Wildman–Crippen MR) is 25.6 cm³/mol. The van der Waals surface area contributed by atoms with Crippen LogP contribution in [-0.2, 0) is 4.84 Å². The molecule has 32 valence electrons. The molecule has 0 spiro atoms. The Labute approximate surface area is 44.3 Å². The van der Waals surface area contributed by atoms with Crippen molar-refractivity contribution in [3.63, 3.8) is 0 Å². The van der Waals surface area contributed by atoms with Gasteiger partial charge in [-0.3, -0.25) is 0 Å². The molecule has 3 heteroatoms. The van der Waals surface area contributed by atoms with Crippen LogP contribution in [0.1, 0.15) is 0 Å². The number of hydrogen-bond donors (Lipinski definition) is 0. The zero-order valence-corrected chi connectivity index (χ0v) is 4.53. The van der Waals surface area contributed by atoms with Crippen molar-refractivity contribution in [3.05, 3.63) is 6.42 Å². The van der Waals surface area contributed by atoms with Gasteiger partial charge < -0.3 is 4.84 Å². The number of rotatable bonds is 0. The fourth-order valence-corrected chi connectivity index (χ4v) is 0.430. The largest absolute Gasteiger partial charge is 0.394 e. The maximum absolute atomic E-state index is 4.49. The highest BCUT2D eigenvalue weighted by Crippen LogP contribution is 2.02. The van der Waals surface area contributed by atoms with Gasteiger partial charge in [-0.1, -0.05) is 5.16 Å². The quantitative estimate of drug-likeness (QED) is 0.497. The van der Waals surface area contributed by atoms with Gasteiger partial charge in [0.1, 0.15) is 11.2 Å². The Balaban J connectivity index is 2.45. The van der Waals surface area contributed by atoms with Crippen LogP contribution in [0.3, 0.4) is 0 Å². The summed E-state index contributed by atoms with van der Waals surface area (Å²) < 4.78 is 0.669. The summed E-state index contributed by atoms with van der Waals surface area (Å²) in [5, 5.41) is 3.46. The summed E-state index contributed by atoms with van der Waals surface area (Å²) in [5.74, 6) is 0. The van der Waals surface area contributed by atoms with Crippen molar-refractivity contribution in [3.8, 4) is 0 Å². The van der Waals surface area contributed by atoms with E-state index in [0.29, 0.717) is 11.2 Å². The van der Waals surface area contributed by atoms with Gasteiger partial charge in [-0.15, -0.1) is 0 Å². The summed E-state index contributed by atoms with van der Waals surface area (Å²) in [5.41, 5.74) is 0. The van der Waals surface area contributed by atoms with E-state index in [1.54, 1.807) is 0 Å². The number of halogens is 1. The third kappa shape index (κ3) is 0.712. The average molecular weight is 148 g/mol. The lowest BCUT2D eigenvalue weighted by atomic mass is 10.5. The van der Waals surface area contributed by atoms with E-state index < -0.39 is 0 Å². The summed E-state index contributed by atoms with van der Waals surface area (Å²) in [6, 6.07) is 0. The molecule has 0 N–H and O–H groups in total. The van der Waals surface area contributed by atoms with E-state index >= 15 is 0 Å². The van der Waals surface area contributed by atoms with E-state index in [2.05, 4.69) is 32.3 Å². The van der Waals surface area contributed by atoms with E-state index in [-0.39, 0.29) is 0 Å². The monoisotopic (exact) mass is 147 g/mol. The van der Waals surface area contributed by atoms with Gasteiger partial charge in [-0.2, -0.15) is 0 Å². The molecule has 0 aliphatic carbocycles. The minimum absolute atomic E-state index is 0.487. The molecule has 0 bridgehead atoms. The molecule has 0 aromatic carbocycles. The minimum Gasteiger partial charge on any atom is -0.394 e. The fourth-order valence-electron chi connectivity index (χ4n) is 0.213. The Hall–Kier alpha value is -0.0500. The Morgan fingerprint density at radius 3 is 3.00 bits per heavy atom. The maximum Gasteiger partial charge on any atom is 0.134 e. The predicted octanol–water partition coefficient (Wildman–Crippen LogP) is 0.806. The summed E-state index contributed by atoms with van der Waals surface area (Å²) >= 11 is 3.05. The number of oxime groups is 1. The molecular weight excluding hydrogens is 146 g/mol. The highest BCUT2D eigenvalue weighted by molar-refractivity contribution is 9.18. The number of nitrogens with zero attached hydrogens (tertiary/aromatic N) is 1. The Morgan fingerprint density at radius 1 is 2.00 bits per heavy atom. The molecule has 0 amide bonds. The number of hydrogen-bond acceptors (Lipinski definition) is 2. The van der Waals surface area contributed by atoms with Crippen molar-refractivity contribution in [2.24, 2.45) is 5.16 Å². The molecule has 0 saturated carbocycles. The van der Waals surface area contributed by atoms with Crippen LogP contribution in [0.2, 0.25) is 0 Å². The molecule has 0 unspecified atom stereocenters. The van der Waals surface area contributed by atoms with Crippen molar-refractivity contribution in [2.75, 3.05) is 6.61 Å². The smallest absolute Gasteiger partial charge is 0.134 e. The van der Waals surface area contributed by atoms with Crippen LogP contribution in [-0.4, -0.2) is 11.2 Å². The van der Waals surface area contributed by atoms with Crippen LogP contribution >= 0.6 is 15.9 Å². The van der Waals surface area contributed by atoms with Gasteiger partial charge in [0, 0.05) is 0 Å². The molecule has 1 heterocycles. The molecule has 0 aromatic rings. The molecule has 0 atom stereocenters. The molecule has 2 nitrogen and oxygen atoms in total. The lowest BCUT2D eigenvalue weighted by molar-refractivity contribution is 0.186. The van der Waals surface area contributed by atoms with Gasteiger partial charge in [-0.05, 0) is 15.9 Å². The van der Waals surface area contributed by atoms with E-state index in [1.807, 2.05) is 0 Å². The van der Waals surface area contributed by atoms with Gasteiger partial charge in [0.2, 0.25) is 0 Å². The third-order valence-corrected chi connectivity index (χ3v) is 0.852. The standard InChI is InChI=1S/C3H2BrNO/c4-3-1-2-6-5-3/h2H2. The van der Waals surface area contributed by atoms with Crippen LogP contribution in [0.25, 0.3) is 0 Å². The van der Waals surface area contributed by atoms with Crippen molar-refractivity contribution < 1.29 is 4.84 Å². The molecule has 1 rings (SSSR count). The van der Waals surface area contributed by atoms with Gasteiger partial charge in [-0.25, -0.2) is 0 Å². The summed E-state index contributed by atoms with van der Waals surface area (Å²) in [7, 11) is 0. The molecule has 1 aliphatic heterocycles. The minimum atomic E-state index is 0.487. The van der Waals surface area contributed by atoms with Crippen molar-refractivity contribution in [2.45, 2.75) is 0 Å². The van der Waals surface area contributed by atoms with E-state index in [9.17, 15) is 0 Å². The molecule has 0 saturated heterocycles. The van der Waals surface area contributed by atoms with Gasteiger partial charge in [0.05, 0.1) is 6.42 Å². The first-order chi connectivity index (χ1) is 2.89. The summed E-state index contributed by atoms with van der Waals surface area (Å²) in [6.07, 6.45) is 2.76. The SMILES string of the molecule is BrC1=NOC[C]1. The van der Waals surface area contributed by atoms with Gasteiger partial charge in [0.15, 0.2) is 0 Å². The van der Waals surface area contributed by atoms with Crippen LogP contribution in [0.15, 0.2) is 5.16 Å². The Bertz CT molecular complexity index is 80.9. The summed E-state index contributed by atoms with van der Waals surface area (Å²) in [6.45, 7) is 0.487. The molecule has 0 fully saturated rings. The first-order valence-electron chi connectivity index (χ1n) is 1.49.